The zero-order valence-corrected chi connectivity index (χ0v) is 20.1. The average Bonchev–Trinajstić information content (AvgIpc) is 3.28. The largest absolute Gasteiger partial charge is 0.428 e. The number of esters is 1. The van der Waals surface area contributed by atoms with E-state index in [1.807, 2.05) is 39.8 Å². The summed E-state index contributed by atoms with van der Waals surface area (Å²) < 4.78 is 23.1. The Morgan fingerprint density at radius 1 is 1.06 bits per heavy atom. The summed E-state index contributed by atoms with van der Waals surface area (Å²) in [5.41, 5.74) is 3.19. The molecule has 0 unspecified atom stereocenters. The minimum absolute atomic E-state index is 0.0748. The van der Waals surface area contributed by atoms with Gasteiger partial charge in [0, 0.05) is 26.4 Å². The second-order valence-corrected chi connectivity index (χ2v) is 9.05. The van der Waals surface area contributed by atoms with E-state index in [4.69, 9.17) is 23.8 Å². The predicted molar refractivity (Wildman–Crippen MR) is 120 cm³/mol. The van der Waals surface area contributed by atoms with E-state index >= 15 is 0 Å². The summed E-state index contributed by atoms with van der Waals surface area (Å²) >= 11 is 0. The molecule has 1 aromatic carbocycles. The second kappa shape index (κ2) is 9.18. The van der Waals surface area contributed by atoms with Gasteiger partial charge in [-0.05, 0) is 57.2 Å². The number of amides is 1. The first-order valence-electron chi connectivity index (χ1n) is 11.6. The molecule has 2 aliphatic heterocycles. The summed E-state index contributed by atoms with van der Waals surface area (Å²) in [5.74, 6) is -1.11. The third-order valence-electron chi connectivity index (χ3n) is 6.73. The molecule has 0 N–H and O–H groups in total. The van der Waals surface area contributed by atoms with E-state index in [1.54, 1.807) is 0 Å². The Bertz CT molecular complexity index is 944. The summed E-state index contributed by atoms with van der Waals surface area (Å²) in [6.45, 7) is 10.6. The van der Waals surface area contributed by atoms with E-state index in [0.717, 1.165) is 22.3 Å². The van der Waals surface area contributed by atoms with Crippen LogP contribution in [0, 0.1) is 20.8 Å². The van der Waals surface area contributed by atoms with E-state index in [0.29, 0.717) is 56.8 Å². The van der Waals surface area contributed by atoms with Crippen LogP contribution in [0.5, 0.6) is 0 Å². The number of hydrogen-bond acceptors (Lipinski definition) is 7. The van der Waals surface area contributed by atoms with Crippen molar-refractivity contribution in [2.75, 3.05) is 26.6 Å². The van der Waals surface area contributed by atoms with Gasteiger partial charge in [-0.1, -0.05) is 17.7 Å². The molecule has 0 atom stereocenters. The minimum atomic E-state index is -0.945. The number of ether oxygens (including phenoxy) is 4. The molecular formula is C25H33NO7. The first kappa shape index (κ1) is 23.9. The third-order valence-corrected chi connectivity index (χ3v) is 6.73. The van der Waals surface area contributed by atoms with Crippen molar-refractivity contribution in [3.8, 4) is 0 Å². The Kier molecular flexibility index (Phi) is 6.64. The molecular weight excluding hydrogens is 426 g/mol. The van der Waals surface area contributed by atoms with Gasteiger partial charge in [-0.25, -0.2) is 9.90 Å². The van der Waals surface area contributed by atoms with E-state index in [-0.39, 0.29) is 12.7 Å². The highest BCUT2D eigenvalue weighted by atomic mass is 16.8. The maximum atomic E-state index is 13.9. The van der Waals surface area contributed by atoms with E-state index < -0.39 is 17.3 Å². The van der Waals surface area contributed by atoms with Gasteiger partial charge in [-0.2, -0.15) is 0 Å². The average molecular weight is 460 g/mol. The van der Waals surface area contributed by atoms with Gasteiger partial charge in [0.25, 0.3) is 5.91 Å². The first-order chi connectivity index (χ1) is 15.7. The molecule has 33 heavy (non-hydrogen) atoms. The fourth-order valence-corrected chi connectivity index (χ4v) is 5.42. The van der Waals surface area contributed by atoms with Crippen molar-refractivity contribution < 1.29 is 33.4 Å². The van der Waals surface area contributed by atoms with Crippen LogP contribution in [0.25, 0.3) is 5.57 Å². The van der Waals surface area contributed by atoms with E-state index in [1.165, 1.54) is 12.0 Å². The number of benzene rings is 1. The molecule has 1 saturated heterocycles. The maximum absolute atomic E-state index is 13.9. The van der Waals surface area contributed by atoms with Crippen molar-refractivity contribution >= 4 is 17.4 Å². The molecule has 2 heterocycles. The van der Waals surface area contributed by atoms with Crippen molar-refractivity contribution in [3.63, 3.8) is 0 Å². The summed E-state index contributed by atoms with van der Waals surface area (Å²) in [7, 11) is 0. The zero-order chi connectivity index (χ0) is 23.8. The van der Waals surface area contributed by atoms with E-state index in [2.05, 4.69) is 0 Å². The standard InChI is InChI=1S/C25H33NO7/c1-6-29-15-32-26-23(28)21(20-17(3)13-16(2)14-18(20)4)22(33-19(5)27)24(26)7-9-25(10-8-24)30-11-12-31-25/h13-14H,6-12,15H2,1-5H3. The van der Waals surface area contributed by atoms with Crippen LogP contribution >= 0.6 is 0 Å². The Morgan fingerprint density at radius 3 is 2.21 bits per heavy atom. The van der Waals surface area contributed by atoms with Crippen molar-refractivity contribution in [2.45, 2.75) is 71.6 Å². The highest BCUT2D eigenvalue weighted by Crippen LogP contribution is 2.53. The lowest BCUT2D eigenvalue weighted by molar-refractivity contribution is -0.268. The minimum Gasteiger partial charge on any atom is -0.428 e. The van der Waals surface area contributed by atoms with Crippen LogP contribution in [0.1, 0.15) is 61.8 Å². The number of rotatable bonds is 6. The van der Waals surface area contributed by atoms with Crippen LogP contribution in [-0.2, 0) is 33.4 Å². The summed E-state index contributed by atoms with van der Waals surface area (Å²) in [6, 6.07) is 4.06. The molecule has 2 fully saturated rings. The lowest BCUT2D eigenvalue weighted by Gasteiger charge is -2.45. The van der Waals surface area contributed by atoms with Crippen molar-refractivity contribution in [1.29, 1.82) is 0 Å². The van der Waals surface area contributed by atoms with Gasteiger partial charge in [0.1, 0.15) is 11.3 Å². The molecule has 0 aromatic heterocycles. The molecule has 8 heteroatoms. The van der Waals surface area contributed by atoms with Crippen molar-refractivity contribution in [3.05, 3.63) is 40.1 Å². The Hall–Kier alpha value is -2.26. The van der Waals surface area contributed by atoms with E-state index in [9.17, 15) is 9.59 Å². The third kappa shape index (κ3) is 4.21. The number of carbonyl (C=O) groups is 2. The van der Waals surface area contributed by atoms with Crippen LogP contribution in [0.4, 0.5) is 0 Å². The fourth-order valence-electron chi connectivity index (χ4n) is 5.42. The highest BCUT2D eigenvalue weighted by Gasteiger charge is 2.60. The normalized spacial score (nSPS) is 21.5. The molecule has 1 saturated carbocycles. The molecule has 1 aliphatic carbocycles. The molecule has 0 radical (unpaired) electrons. The number of carbonyl (C=O) groups excluding carboxylic acids is 2. The molecule has 180 valence electrons. The van der Waals surface area contributed by atoms with Crippen molar-refractivity contribution in [2.24, 2.45) is 0 Å². The number of aryl methyl sites for hydroxylation is 3. The highest BCUT2D eigenvalue weighted by molar-refractivity contribution is 6.23. The van der Waals surface area contributed by atoms with Crippen LogP contribution in [0.15, 0.2) is 17.9 Å². The second-order valence-electron chi connectivity index (χ2n) is 9.05. The van der Waals surface area contributed by atoms with Gasteiger partial charge in [0.15, 0.2) is 12.6 Å². The first-order valence-corrected chi connectivity index (χ1v) is 11.6. The van der Waals surface area contributed by atoms with Gasteiger partial charge in [0.05, 0.1) is 18.8 Å². The monoisotopic (exact) mass is 459 g/mol. The molecule has 4 rings (SSSR count). The maximum Gasteiger partial charge on any atom is 0.307 e. The molecule has 8 nitrogen and oxygen atoms in total. The quantitative estimate of drug-likeness (QED) is 0.364. The number of hydrogen-bond donors (Lipinski definition) is 0. The van der Waals surface area contributed by atoms with Crippen LogP contribution in [0.3, 0.4) is 0 Å². The predicted octanol–water partition coefficient (Wildman–Crippen LogP) is 3.71. The Labute approximate surface area is 194 Å². The van der Waals surface area contributed by atoms with Crippen LogP contribution in [-0.4, -0.2) is 54.9 Å². The summed E-state index contributed by atoms with van der Waals surface area (Å²) in [6.07, 6.45) is 2.05. The smallest absolute Gasteiger partial charge is 0.307 e. The topological polar surface area (TPSA) is 83.5 Å². The van der Waals surface area contributed by atoms with Crippen molar-refractivity contribution in [1.82, 2.24) is 5.06 Å². The zero-order valence-electron chi connectivity index (χ0n) is 20.1. The Morgan fingerprint density at radius 2 is 1.67 bits per heavy atom. The molecule has 2 spiro atoms. The lowest BCUT2D eigenvalue weighted by Crippen LogP contribution is -2.54. The van der Waals surface area contributed by atoms with Gasteiger partial charge in [0.2, 0.25) is 0 Å². The lowest BCUT2D eigenvalue weighted by atomic mass is 9.77. The SMILES string of the molecule is CCOCON1C(=O)C(c2c(C)cc(C)cc2C)=C(OC(C)=O)C12CCC1(CC2)OCCO1. The fraction of sp³-hybridized carbons (Fsp3) is 0.600. The summed E-state index contributed by atoms with van der Waals surface area (Å²) in [5, 5.41) is 1.37. The number of nitrogens with zero attached hydrogens (tertiary/aromatic N) is 1. The van der Waals surface area contributed by atoms with Crippen LogP contribution < -0.4 is 0 Å². The molecule has 1 amide bonds. The Balaban J connectivity index is 1.84. The van der Waals surface area contributed by atoms with Gasteiger partial charge in [-0.15, -0.1) is 0 Å². The molecule has 3 aliphatic rings. The number of hydroxylamine groups is 2. The molecule has 1 aromatic rings. The van der Waals surface area contributed by atoms with Gasteiger partial charge >= 0.3 is 5.97 Å². The molecule has 0 bridgehead atoms. The van der Waals surface area contributed by atoms with Gasteiger partial charge in [-0.3, -0.25) is 9.59 Å². The summed E-state index contributed by atoms with van der Waals surface area (Å²) in [4.78, 5) is 32.1. The van der Waals surface area contributed by atoms with Crippen LogP contribution in [0.2, 0.25) is 0 Å². The van der Waals surface area contributed by atoms with Gasteiger partial charge < -0.3 is 18.9 Å².